The largest absolute Gasteiger partial charge is 0.418 e. The van der Waals surface area contributed by atoms with Gasteiger partial charge in [0.25, 0.3) is 0 Å². The predicted octanol–water partition coefficient (Wildman–Crippen LogP) is 0.643. The highest BCUT2D eigenvalue weighted by Crippen LogP contribution is 2.42. The molecule has 1 aliphatic rings. The van der Waals surface area contributed by atoms with Crippen LogP contribution in [0.4, 0.5) is 13.2 Å². The number of hydrogen-bond acceptors (Lipinski definition) is 2. The van der Waals surface area contributed by atoms with Crippen LogP contribution in [0.5, 0.6) is 0 Å². The van der Waals surface area contributed by atoms with E-state index in [1.807, 2.05) is 0 Å². The molecule has 0 aromatic rings. The number of halogens is 3. The molecule has 1 saturated carbocycles. The second-order valence-electron chi connectivity index (χ2n) is 2.42. The Labute approximate surface area is 54.6 Å². The van der Waals surface area contributed by atoms with Crippen LogP contribution < -0.4 is 0 Å². The first-order chi connectivity index (χ1) is 4.35. The van der Waals surface area contributed by atoms with Crippen molar-refractivity contribution in [2.24, 2.45) is 0 Å². The summed E-state index contributed by atoms with van der Waals surface area (Å²) >= 11 is 0. The molecule has 10 heavy (non-hydrogen) atoms. The molecule has 0 saturated heterocycles. The Hall–Kier alpha value is -0.580. The van der Waals surface area contributed by atoms with Crippen LogP contribution in [0.15, 0.2) is 0 Å². The maximum atomic E-state index is 11.7. The molecule has 0 spiro atoms. The van der Waals surface area contributed by atoms with Crippen molar-refractivity contribution < 1.29 is 23.1 Å². The molecule has 1 rings (SSSR count). The van der Waals surface area contributed by atoms with Crippen molar-refractivity contribution in [3.05, 3.63) is 0 Å². The lowest BCUT2D eigenvalue weighted by atomic mass is 9.78. The lowest BCUT2D eigenvalue weighted by Gasteiger charge is -2.36. The molecule has 0 radical (unpaired) electrons. The second kappa shape index (κ2) is 1.72. The third kappa shape index (κ3) is 0.901. The average Bonchev–Trinajstić information content (AvgIpc) is 1.58. The van der Waals surface area contributed by atoms with Gasteiger partial charge in [0.2, 0.25) is 0 Å². The zero-order valence-corrected chi connectivity index (χ0v) is 4.90. The Bertz CT molecular complexity index is 164. The fourth-order valence-electron chi connectivity index (χ4n) is 0.801. The Morgan fingerprint density at radius 3 is 1.90 bits per heavy atom. The number of rotatable bonds is 0. The normalized spacial score (nSPS) is 24.2. The minimum Gasteiger partial charge on any atom is -0.380 e. The van der Waals surface area contributed by atoms with E-state index in [-0.39, 0.29) is 0 Å². The smallest absolute Gasteiger partial charge is 0.380 e. The number of carbonyl (C=O) groups is 1. The lowest BCUT2D eigenvalue weighted by Crippen LogP contribution is -2.55. The lowest BCUT2D eigenvalue weighted by molar-refractivity contribution is -0.275. The van der Waals surface area contributed by atoms with Gasteiger partial charge in [-0.1, -0.05) is 0 Å². The molecule has 0 heterocycles. The van der Waals surface area contributed by atoms with Gasteiger partial charge in [0.05, 0.1) is 0 Å². The Morgan fingerprint density at radius 1 is 1.40 bits per heavy atom. The van der Waals surface area contributed by atoms with Crippen LogP contribution in [0.3, 0.4) is 0 Å². The fourth-order valence-corrected chi connectivity index (χ4v) is 0.801. The summed E-state index contributed by atoms with van der Waals surface area (Å²) in [6, 6.07) is 0. The molecule has 1 aliphatic carbocycles. The Morgan fingerprint density at radius 2 is 1.80 bits per heavy atom. The average molecular weight is 154 g/mol. The van der Waals surface area contributed by atoms with Gasteiger partial charge in [-0.2, -0.15) is 13.2 Å². The van der Waals surface area contributed by atoms with Crippen molar-refractivity contribution in [1.82, 2.24) is 0 Å². The van der Waals surface area contributed by atoms with E-state index in [4.69, 9.17) is 5.11 Å². The summed E-state index contributed by atoms with van der Waals surface area (Å²) in [7, 11) is 0. The molecule has 0 unspecified atom stereocenters. The molecule has 0 bridgehead atoms. The van der Waals surface area contributed by atoms with Gasteiger partial charge in [-0.05, 0) is 0 Å². The molecule has 5 heteroatoms. The van der Waals surface area contributed by atoms with Crippen molar-refractivity contribution in [2.45, 2.75) is 24.6 Å². The summed E-state index contributed by atoms with van der Waals surface area (Å²) in [6.45, 7) is 0. The van der Waals surface area contributed by atoms with Crippen LogP contribution in [0.1, 0.15) is 12.8 Å². The van der Waals surface area contributed by atoms with E-state index >= 15 is 0 Å². The minimum absolute atomic E-state index is 0.542. The van der Waals surface area contributed by atoms with Crippen LogP contribution >= 0.6 is 0 Å². The summed E-state index contributed by atoms with van der Waals surface area (Å²) in [6.07, 6.45) is -6.21. The number of hydrogen-bond donors (Lipinski definition) is 1. The Balaban J connectivity index is 2.65. The highest BCUT2D eigenvalue weighted by atomic mass is 19.4. The molecule has 1 N–H and O–H groups in total. The zero-order valence-electron chi connectivity index (χ0n) is 4.90. The summed E-state index contributed by atoms with van der Waals surface area (Å²) in [4.78, 5) is 10.1. The van der Waals surface area contributed by atoms with Gasteiger partial charge < -0.3 is 5.11 Å². The van der Waals surface area contributed by atoms with Crippen LogP contribution in [0.2, 0.25) is 0 Å². The van der Waals surface area contributed by atoms with Gasteiger partial charge in [-0.15, -0.1) is 0 Å². The molecule has 1 fully saturated rings. The van der Waals surface area contributed by atoms with Gasteiger partial charge >= 0.3 is 6.18 Å². The molecule has 0 aliphatic heterocycles. The van der Waals surface area contributed by atoms with Crippen LogP contribution in [0, 0.1) is 0 Å². The first-order valence-corrected chi connectivity index (χ1v) is 2.66. The third-order valence-electron chi connectivity index (χ3n) is 1.51. The van der Waals surface area contributed by atoms with E-state index in [1.54, 1.807) is 0 Å². The predicted molar refractivity (Wildman–Crippen MR) is 25.2 cm³/mol. The van der Waals surface area contributed by atoms with E-state index in [0.717, 1.165) is 0 Å². The highest BCUT2D eigenvalue weighted by Gasteiger charge is 2.61. The van der Waals surface area contributed by atoms with Crippen molar-refractivity contribution in [3.8, 4) is 0 Å². The monoisotopic (exact) mass is 154 g/mol. The maximum Gasteiger partial charge on any atom is 0.418 e. The summed E-state index contributed by atoms with van der Waals surface area (Å²) < 4.78 is 35.0. The number of carbonyl (C=O) groups excluding carboxylic acids is 1. The molecule has 2 nitrogen and oxygen atoms in total. The number of aliphatic hydroxyl groups is 1. The molecule has 0 aromatic carbocycles. The molecular formula is C5H5F3O2. The minimum atomic E-state index is -4.65. The fraction of sp³-hybridized carbons (Fsp3) is 0.800. The van der Waals surface area contributed by atoms with Crippen molar-refractivity contribution >= 4 is 5.78 Å². The summed E-state index contributed by atoms with van der Waals surface area (Å²) in [5, 5.41) is 8.57. The number of Topliss-reactive ketones (excluding diaryl/α,β-unsaturated/α-hetero) is 1. The summed E-state index contributed by atoms with van der Waals surface area (Å²) in [5.74, 6) is -0.542. The SMILES string of the molecule is O=C1CC(O)(C(F)(F)F)C1. The van der Waals surface area contributed by atoms with E-state index in [9.17, 15) is 18.0 Å². The quantitative estimate of drug-likeness (QED) is 0.556. The second-order valence-corrected chi connectivity index (χ2v) is 2.42. The summed E-state index contributed by atoms with van der Waals surface area (Å²) in [5.41, 5.74) is -2.72. The first-order valence-electron chi connectivity index (χ1n) is 2.66. The van der Waals surface area contributed by atoms with E-state index in [1.165, 1.54) is 0 Å². The molecule has 58 valence electrons. The topological polar surface area (TPSA) is 37.3 Å². The molecular weight excluding hydrogens is 149 g/mol. The van der Waals surface area contributed by atoms with Gasteiger partial charge in [0.1, 0.15) is 5.78 Å². The standard InChI is InChI=1S/C5H5F3O2/c6-5(7,8)4(10)1-3(9)2-4/h10H,1-2H2. The Kier molecular flexibility index (Phi) is 1.29. The van der Waals surface area contributed by atoms with E-state index in [2.05, 4.69) is 0 Å². The molecule has 0 aromatic heterocycles. The maximum absolute atomic E-state index is 11.7. The number of ketones is 1. The van der Waals surface area contributed by atoms with Crippen molar-refractivity contribution in [2.75, 3.05) is 0 Å². The molecule has 0 atom stereocenters. The van der Waals surface area contributed by atoms with Crippen LogP contribution in [-0.2, 0) is 4.79 Å². The first kappa shape index (κ1) is 7.53. The van der Waals surface area contributed by atoms with Gasteiger partial charge in [-0.25, -0.2) is 0 Å². The highest BCUT2D eigenvalue weighted by molar-refractivity contribution is 5.87. The van der Waals surface area contributed by atoms with Crippen molar-refractivity contribution in [1.29, 1.82) is 0 Å². The third-order valence-corrected chi connectivity index (χ3v) is 1.51. The van der Waals surface area contributed by atoms with Gasteiger partial charge in [-0.3, -0.25) is 4.79 Å². The van der Waals surface area contributed by atoms with Gasteiger partial charge in [0.15, 0.2) is 5.60 Å². The van der Waals surface area contributed by atoms with Crippen molar-refractivity contribution in [3.63, 3.8) is 0 Å². The van der Waals surface area contributed by atoms with Gasteiger partial charge in [0, 0.05) is 12.8 Å². The zero-order chi connectivity index (χ0) is 7.99. The molecule has 0 amide bonds. The van der Waals surface area contributed by atoms with Crippen LogP contribution in [-0.4, -0.2) is 22.7 Å². The van der Waals surface area contributed by atoms with Crippen LogP contribution in [0.25, 0.3) is 0 Å². The van der Waals surface area contributed by atoms with E-state index in [0.29, 0.717) is 0 Å². The van der Waals surface area contributed by atoms with E-state index < -0.39 is 30.4 Å². The number of alkyl halides is 3.